The highest BCUT2D eigenvalue weighted by Gasteiger charge is 2.24. The van der Waals surface area contributed by atoms with Crippen molar-refractivity contribution in [3.8, 4) is 0 Å². The largest absolute Gasteiger partial charge is 0.399 e. The van der Waals surface area contributed by atoms with Crippen LogP contribution in [0.25, 0.3) is 0 Å². The van der Waals surface area contributed by atoms with E-state index >= 15 is 0 Å². The summed E-state index contributed by atoms with van der Waals surface area (Å²) in [6.45, 7) is 0.788. The molecule has 2 heterocycles. The fourth-order valence-corrected chi connectivity index (χ4v) is 3.41. The van der Waals surface area contributed by atoms with Gasteiger partial charge in [-0.25, -0.2) is 0 Å². The van der Waals surface area contributed by atoms with Crippen LogP contribution in [0.4, 0.5) is 11.4 Å². The molecule has 0 saturated carbocycles. The molecule has 0 radical (unpaired) electrons. The van der Waals surface area contributed by atoms with E-state index in [-0.39, 0.29) is 5.91 Å². The van der Waals surface area contributed by atoms with E-state index in [0.29, 0.717) is 6.42 Å². The number of nitrogen functional groups attached to an aromatic ring is 1. The molecular formula is C16H18N2OS. The molecule has 0 bridgehead atoms. The molecule has 1 aromatic carbocycles. The summed E-state index contributed by atoms with van der Waals surface area (Å²) in [5.41, 5.74) is 8.78. The molecule has 0 fully saturated rings. The highest BCUT2D eigenvalue weighted by Crippen LogP contribution is 2.30. The molecule has 0 saturated heterocycles. The molecule has 20 heavy (non-hydrogen) atoms. The van der Waals surface area contributed by atoms with Crippen molar-refractivity contribution >= 4 is 28.6 Å². The van der Waals surface area contributed by atoms with Crippen LogP contribution in [0.15, 0.2) is 35.7 Å². The smallest absolute Gasteiger partial charge is 0.227 e. The van der Waals surface area contributed by atoms with Gasteiger partial charge in [-0.05, 0) is 48.4 Å². The van der Waals surface area contributed by atoms with E-state index in [4.69, 9.17) is 5.73 Å². The van der Waals surface area contributed by atoms with E-state index in [0.717, 1.165) is 37.2 Å². The van der Waals surface area contributed by atoms with Crippen LogP contribution in [-0.4, -0.2) is 12.5 Å². The second-order valence-corrected chi connectivity index (χ2v) is 6.15. The number of nitrogens with zero attached hydrogens (tertiary/aromatic N) is 1. The van der Waals surface area contributed by atoms with Gasteiger partial charge in [0.25, 0.3) is 0 Å². The number of anilines is 2. The third-order valence-electron chi connectivity index (χ3n) is 3.70. The number of fused-ring (bicyclic) bond motifs is 1. The molecule has 0 atom stereocenters. The van der Waals surface area contributed by atoms with Crippen molar-refractivity contribution in [2.75, 3.05) is 17.2 Å². The minimum atomic E-state index is 0.214. The zero-order chi connectivity index (χ0) is 13.9. The zero-order valence-electron chi connectivity index (χ0n) is 11.3. The van der Waals surface area contributed by atoms with Gasteiger partial charge in [0.1, 0.15) is 0 Å². The molecule has 0 spiro atoms. The number of benzene rings is 1. The van der Waals surface area contributed by atoms with Crippen molar-refractivity contribution in [1.29, 1.82) is 0 Å². The van der Waals surface area contributed by atoms with Crippen LogP contribution in [0, 0.1) is 0 Å². The minimum Gasteiger partial charge on any atom is -0.399 e. The SMILES string of the molecule is Nc1ccc2c(c1)N(C(=O)CCCc1cccs1)CC2. The van der Waals surface area contributed by atoms with Gasteiger partial charge in [-0.1, -0.05) is 12.1 Å². The summed E-state index contributed by atoms with van der Waals surface area (Å²) in [7, 11) is 0. The topological polar surface area (TPSA) is 46.3 Å². The lowest BCUT2D eigenvalue weighted by atomic mass is 10.1. The molecule has 104 valence electrons. The van der Waals surface area contributed by atoms with Crippen LogP contribution in [-0.2, 0) is 17.6 Å². The second-order valence-electron chi connectivity index (χ2n) is 5.12. The summed E-state index contributed by atoms with van der Waals surface area (Å²) in [5, 5.41) is 2.08. The summed E-state index contributed by atoms with van der Waals surface area (Å²) < 4.78 is 0. The summed E-state index contributed by atoms with van der Waals surface area (Å²) in [5.74, 6) is 0.214. The zero-order valence-corrected chi connectivity index (χ0v) is 12.2. The summed E-state index contributed by atoms with van der Waals surface area (Å²) in [6, 6.07) is 10.0. The third kappa shape index (κ3) is 2.70. The average Bonchev–Trinajstić information content (AvgIpc) is 3.07. The van der Waals surface area contributed by atoms with Gasteiger partial charge < -0.3 is 10.6 Å². The Labute approximate surface area is 123 Å². The van der Waals surface area contributed by atoms with E-state index in [1.165, 1.54) is 10.4 Å². The van der Waals surface area contributed by atoms with Crippen LogP contribution in [0.3, 0.4) is 0 Å². The third-order valence-corrected chi connectivity index (χ3v) is 4.64. The lowest BCUT2D eigenvalue weighted by molar-refractivity contribution is -0.118. The van der Waals surface area contributed by atoms with Crippen molar-refractivity contribution in [2.45, 2.75) is 25.7 Å². The van der Waals surface area contributed by atoms with Crippen molar-refractivity contribution in [3.63, 3.8) is 0 Å². The highest BCUT2D eigenvalue weighted by atomic mass is 32.1. The quantitative estimate of drug-likeness (QED) is 0.877. The Bertz CT molecular complexity index is 607. The van der Waals surface area contributed by atoms with Crippen molar-refractivity contribution in [1.82, 2.24) is 0 Å². The van der Waals surface area contributed by atoms with Crippen LogP contribution in [0.2, 0.25) is 0 Å². The number of thiophene rings is 1. The summed E-state index contributed by atoms with van der Waals surface area (Å²) in [4.78, 5) is 15.6. The first-order valence-electron chi connectivity index (χ1n) is 6.95. The Morgan fingerprint density at radius 2 is 2.25 bits per heavy atom. The molecule has 2 N–H and O–H groups in total. The number of hydrogen-bond donors (Lipinski definition) is 1. The second kappa shape index (κ2) is 5.67. The maximum absolute atomic E-state index is 12.3. The first-order chi connectivity index (χ1) is 9.74. The fraction of sp³-hybridized carbons (Fsp3) is 0.312. The van der Waals surface area contributed by atoms with E-state index in [1.54, 1.807) is 11.3 Å². The van der Waals surface area contributed by atoms with Gasteiger partial charge in [0, 0.05) is 29.2 Å². The van der Waals surface area contributed by atoms with Gasteiger partial charge in [0.05, 0.1) is 0 Å². The van der Waals surface area contributed by atoms with Crippen LogP contribution in [0.1, 0.15) is 23.3 Å². The van der Waals surface area contributed by atoms with E-state index in [1.807, 2.05) is 23.1 Å². The standard InChI is InChI=1S/C16H18N2OS/c17-13-7-6-12-8-9-18(15(12)11-13)16(19)5-1-3-14-4-2-10-20-14/h2,4,6-7,10-11H,1,3,5,8-9,17H2. The molecule has 1 aliphatic rings. The first-order valence-corrected chi connectivity index (χ1v) is 7.83. The van der Waals surface area contributed by atoms with Crippen molar-refractivity contribution in [3.05, 3.63) is 46.2 Å². The first kappa shape index (κ1) is 13.2. The van der Waals surface area contributed by atoms with Gasteiger partial charge in [0.2, 0.25) is 5.91 Å². The van der Waals surface area contributed by atoms with Gasteiger partial charge in [-0.2, -0.15) is 0 Å². The minimum absolute atomic E-state index is 0.214. The van der Waals surface area contributed by atoms with Gasteiger partial charge in [0.15, 0.2) is 0 Å². The van der Waals surface area contributed by atoms with E-state index in [2.05, 4.69) is 17.5 Å². The van der Waals surface area contributed by atoms with Crippen LogP contribution >= 0.6 is 11.3 Å². The van der Waals surface area contributed by atoms with Gasteiger partial charge in [-0.3, -0.25) is 4.79 Å². The Hall–Kier alpha value is -1.81. The highest BCUT2D eigenvalue weighted by molar-refractivity contribution is 7.09. The van der Waals surface area contributed by atoms with Gasteiger partial charge >= 0.3 is 0 Å². The number of amides is 1. The molecule has 2 aromatic rings. The normalized spacial score (nSPS) is 13.5. The molecule has 3 rings (SSSR count). The van der Waals surface area contributed by atoms with E-state index < -0.39 is 0 Å². The van der Waals surface area contributed by atoms with E-state index in [9.17, 15) is 4.79 Å². The Kier molecular flexibility index (Phi) is 3.74. The lowest BCUT2D eigenvalue weighted by Crippen LogP contribution is -2.28. The lowest BCUT2D eigenvalue weighted by Gasteiger charge is -2.17. The van der Waals surface area contributed by atoms with Gasteiger partial charge in [-0.15, -0.1) is 11.3 Å². The van der Waals surface area contributed by atoms with Crippen LogP contribution < -0.4 is 10.6 Å². The fourth-order valence-electron chi connectivity index (χ4n) is 2.66. The molecule has 1 aromatic heterocycles. The molecule has 0 unspecified atom stereocenters. The molecule has 3 nitrogen and oxygen atoms in total. The molecule has 1 amide bonds. The van der Waals surface area contributed by atoms with Crippen LogP contribution in [0.5, 0.6) is 0 Å². The van der Waals surface area contributed by atoms with Crippen molar-refractivity contribution < 1.29 is 4.79 Å². The monoisotopic (exact) mass is 286 g/mol. The number of nitrogens with two attached hydrogens (primary N) is 1. The predicted octanol–water partition coefficient (Wildman–Crippen LogP) is 3.24. The summed E-state index contributed by atoms with van der Waals surface area (Å²) in [6.07, 6.45) is 3.44. The number of aryl methyl sites for hydroxylation is 1. The average molecular weight is 286 g/mol. The Morgan fingerprint density at radius 1 is 1.35 bits per heavy atom. The number of rotatable bonds is 4. The molecule has 1 aliphatic heterocycles. The molecule has 4 heteroatoms. The number of hydrogen-bond acceptors (Lipinski definition) is 3. The maximum atomic E-state index is 12.3. The van der Waals surface area contributed by atoms with Crippen molar-refractivity contribution in [2.24, 2.45) is 0 Å². The molecule has 0 aliphatic carbocycles. The maximum Gasteiger partial charge on any atom is 0.227 e. The number of carbonyl (C=O) groups excluding carboxylic acids is 1. The number of carbonyl (C=O) groups is 1. The summed E-state index contributed by atoms with van der Waals surface area (Å²) >= 11 is 1.76. The Morgan fingerprint density at radius 3 is 3.05 bits per heavy atom. The Balaban J connectivity index is 1.60. The predicted molar refractivity (Wildman–Crippen MR) is 84.2 cm³/mol. The molecular weight excluding hydrogens is 268 g/mol.